The lowest BCUT2D eigenvalue weighted by Gasteiger charge is -2.31. The zero-order valence-corrected chi connectivity index (χ0v) is 12.7. The Morgan fingerprint density at radius 2 is 2.33 bits per heavy atom. The van der Waals surface area contributed by atoms with Crippen molar-refractivity contribution in [2.45, 2.75) is 32.2 Å². The lowest BCUT2D eigenvalue weighted by molar-refractivity contribution is 0.0390. The van der Waals surface area contributed by atoms with Gasteiger partial charge in [-0.25, -0.2) is 0 Å². The van der Waals surface area contributed by atoms with E-state index in [1.807, 2.05) is 12.3 Å². The molecule has 3 rings (SSSR count). The molecule has 2 aromatic rings. The van der Waals surface area contributed by atoms with E-state index in [0.29, 0.717) is 12.0 Å². The van der Waals surface area contributed by atoms with Crippen LogP contribution in [0.4, 0.5) is 0 Å². The average molecular weight is 284 g/mol. The highest BCUT2D eigenvalue weighted by Gasteiger charge is 2.25. The van der Waals surface area contributed by atoms with Gasteiger partial charge in [0.1, 0.15) is 0 Å². The molecule has 1 aromatic heterocycles. The Labute approximate surface area is 126 Å². The molecule has 0 radical (unpaired) electrons. The second-order valence-corrected chi connectivity index (χ2v) is 5.86. The van der Waals surface area contributed by atoms with Crippen molar-refractivity contribution in [1.29, 1.82) is 0 Å². The number of hydrogen-bond acceptors (Lipinski definition) is 3. The maximum absolute atomic E-state index is 5.70. The van der Waals surface area contributed by atoms with Gasteiger partial charge in [0, 0.05) is 30.1 Å². The fourth-order valence-corrected chi connectivity index (χ4v) is 3.16. The van der Waals surface area contributed by atoms with Gasteiger partial charge in [0.25, 0.3) is 0 Å². The molecule has 0 spiro atoms. The first kappa shape index (κ1) is 14.5. The number of nitrogens with one attached hydrogen (secondary N) is 1. The molecule has 1 aliphatic rings. The molecular weight excluding hydrogens is 260 g/mol. The molecule has 0 aliphatic carbocycles. The van der Waals surface area contributed by atoms with Gasteiger partial charge in [-0.05, 0) is 43.5 Å². The van der Waals surface area contributed by atoms with Gasteiger partial charge in [0.2, 0.25) is 0 Å². The summed E-state index contributed by atoms with van der Waals surface area (Å²) in [6.45, 7) is 5.03. The molecule has 112 valence electrons. The molecule has 0 amide bonds. The number of pyridine rings is 1. The standard InChI is InChI=1S/C18H24N2O/c1-2-9-20-18(16-6-4-11-21-13-16)15-8-7-14-5-3-10-19-17(14)12-15/h3,5,7-8,10,12,16,18,20H,2,4,6,9,11,13H2,1H3. The summed E-state index contributed by atoms with van der Waals surface area (Å²) in [7, 11) is 0. The summed E-state index contributed by atoms with van der Waals surface area (Å²) >= 11 is 0. The van der Waals surface area contributed by atoms with E-state index in [9.17, 15) is 0 Å². The number of ether oxygens (including phenoxy) is 1. The molecule has 1 fully saturated rings. The molecule has 1 aromatic carbocycles. The van der Waals surface area contributed by atoms with Crippen molar-refractivity contribution < 1.29 is 4.74 Å². The van der Waals surface area contributed by atoms with Crippen LogP contribution < -0.4 is 5.32 Å². The Morgan fingerprint density at radius 3 is 3.14 bits per heavy atom. The summed E-state index contributed by atoms with van der Waals surface area (Å²) < 4.78 is 5.70. The number of rotatable bonds is 5. The van der Waals surface area contributed by atoms with Gasteiger partial charge in [0.05, 0.1) is 12.1 Å². The molecule has 1 saturated heterocycles. The Morgan fingerprint density at radius 1 is 1.38 bits per heavy atom. The van der Waals surface area contributed by atoms with Crippen LogP contribution in [-0.2, 0) is 4.74 Å². The summed E-state index contributed by atoms with van der Waals surface area (Å²) in [5.74, 6) is 0.562. The first-order valence-electron chi connectivity index (χ1n) is 8.04. The summed E-state index contributed by atoms with van der Waals surface area (Å²) in [5, 5.41) is 4.92. The van der Waals surface area contributed by atoms with Crippen LogP contribution in [0.5, 0.6) is 0 Å². The van der Waals surface area contributed by atoms with Gasteiger partial charge >= 0.3 is 0 Å². The molecular formula is C18H24N2O. The highest BCUT2D eigenvalue weighted by Crippen LogP contribution is 2.30. The molecule has 0 saturated carbocycles. The zero-order valence-electron chi connectivity index (χ0n) is 12.7. The molecule has 2 atom stereocenters. The van der Waals surface area contributed by atoms with E-state index in [2.05, 4.69) is 41.5 Å². The summed E-state index contributed by atoms with van der Waals surface area (Å²) in [6, 6.07) is 11.1. The van der Waals surface area contributed by atoms with Gasteiger partial charge in [-0.1, -0.05) is 25.1 Å². The topological polar surface area (TPSA) is 34.2 Å². The van der Waals surface area contributed by atoms with E-state index in [1.54, 1.807) is 0 Å². The van der Waals surface area contributed by atoms with E-state index in [4.69, 9.17) is 4.74 Å². The van der Waals surface area contributed by atoms with E-state index in [0.717, 1.165) is 31.7 Å². The van der Waals surface area contributed by atoms with Crippen molar-refractivity contribution in [3.8, 4) is 0 Å². The average Bonchev–Trinajstić information content (AvgIpc) is 2.56. The predicted molar refractivity (Wildman–Crippen MR) is 86.3 cm³/mol. The van der Waals surface area contributed by atoms with Crippen molar-refractivity contribution in [2.75, 3.05) is 19.8 Å². The third kappa shape index (κ3) is 3.42. The van der Waals surface area contributed by atoms with Crippen LogP contribution in [0.2, 0.25) is 0 Å². The molecule has 21 heavy (non-hydrogen) atoms. The van der Waals surface area contributed by atoms with E-state index >= 15 is 0 Å². The van der Waals surface area contributed by atoms with Crippen LogP contribution in [-0.4, -0.2) is 24.7 Å². The molecule has 1 N–H and O–H groups in total. The lowest BCUT2D eigenvalue weighted by atomic mass is 9.88. The van der Waals surface area contributed by atoms with Crippen LogP contribution >= 0.6 is 0 Å². The normalized spacial score (nSPS) is 20.5. The van der Waals surface area contributed by atoms with Crippen molar-refractivity contribution in [2.24, 2.45) is 5.92 Å². The molecule has 3 heteroatoms. The van der Waals surface area contributed by atoms with Crippen LogP contribution in [0, 0.1) is 5.92 Å². The Hall–Kier alpha value is -1.45. The van der Waals surface area contributed by atoms with Crippen molar-refractivity contribution in [3.63, 3.8) is 0 Å². The Kier molecular flexibility index (Phi) is 4.84. The van der Waals surface area contributed by atoms with E-state index in [1.165, 1.54) is 23.8 Å². The first-order valence-corrected chi connectivity index (χ1v) is 8.04. The first-order chi connectivity index (χ1) is 10.4. The van der Waals surface area contributed by atoms with Crippen LogP contribution in [0.15, 0.2) is 36.5 Å². The van der Waals surface area contributed by atoms with Crippen molar-refractivity contribution >= 4 is 10.9 Å². The number of benzene rings is 1. The summed E-state index contributed by atoms with van der Waals surface area (Å²) in [6.07, 6.45) is 5.42. The molecule has 1 aliphatic heterocycles. The van der Waals surface area contributed by atoms with E-state index in [-0.39, 0.29) is 0 Å². The molecule has 3 nitrogen and oxygen atoms in total. The molecule has 0 bridgehead atoms. The highest BCUT2D eigenvalue weighted by atomic mass is 16.5. The van der Waals surface area contributed by atoms with Crippen molar-refractivity contribution in [3.05, 3.63) is 42.1 Å². The van der Waals surface area contributed by atoms with Gasteiger partial charge < -0.3 is 10.1 Å². The van der Waals surface area contributed by atoms with Gasteiger partial charge in [0.15, 0.2) is 0 Å². The van der Waals surface area contributed by atoms with Crippen molar-refractivity contribution in [1.82, 2.24) is 10.3 Å². The fourth-order valence-electron chi connectivity index (χ4n) is 3.16. The summed E-state index contributed by atoms with van der Waals surface area (Å²) in [4.78, 5) is 4.49. The smallest absolute Gasteiger partial charge is 0.0705 e. The maximum Gasteiger partial charge on any atom is 0.0705 e. The Bertz CT molecular complexity index is 578. The lowest BCUT2D eigenvalue weighted by Crippen LogP contribution is -2.33. The van der Waals surface area contributed by atoms with Crippen LogP contribution in [0.1, 0.15) is 37.8 Å². The van der Waals surface area contributed by atoms with Gasteiger partial charge in [-0.3, -0.25) is 4.98 Å². The number of hydrogen-bond donors (Lipinski definition) is 1. The monoisotopic (exact) mass is 284 g/mol. The number of nitrogens with zero attached hydrogens (tertiary/aromatic N) is 1. The van der Waals surface area contributed by atoms with E-state index < -0.39 is 0 Å². The highest BCUT2D eigenvalue weighted by molar-refractivity contribution is 5.79. The minimum atomic E-state index is 0.372. The second kappa shape index (κ2) is 7.01. The minimum absolute atomic E-state index is 0.372. The molecule has 2 heterocycles. The largest absolute Gasteiger partial charge is 0.381 e. The van der Waals surface area contributed by atoms with Crippen LogP contribution in [0.3, 0.4) is 0 Å². The van der Waals surface area contributed by atoms with Gasteiger partial charge in [-0.2, -0.15) is 0 Å². The maximum atomic E-state index is 5.70. The van der Waals surface area contributed by atoms with Gasteiger partial charge in [-0.15, -0.1) is 0 Å². The number of fused-ring (bicyclic) bond motifs is 1. The van der Waals surface area contributed by atoms with Crippen LogP contribution in [0.25, 0.3) is 10.9 Å². The third-order valence-corrected chi connectivity index (χ3v) is 4.27. The number of aromatic nitrogens is 1. The predicted octanol–water partition coefficient (Wildman–Crippen LogP) is 3.70. The zero-order chi connectivity index (χ0) is 14.5. The third-order valence-electron chi connectivity index (χ3n) is 4.27. The Balaban J connectivity index is 1.88. The second-order valence-electron chi connectivity index (χ2n) is 5.86. The SMILES string of the molecule is CCCNC(c1ccc2cccnc2c1)C1CCCOC1. The molecule has 2 unspecified atom stereocenters. The summed E-state index contributed by atoms with van der Waals surface area (Å²) in [5.41, 5.74) is 2.42. The minimum Gasteiger partial charge on any atom is -0.381 e. The fraction of sp³-hybridized carbons (Fsp3) is 0.500. The quantitative estimate of drug-likeness (QED) is 0.909.